The van der Waals surface area contributed by atoms with Gasteiger partial charge in [0.15, 0.2) is 0 Å². The van der Waals surface area contributed by atoms with Gasteiger partial charge in [-0.05, 0) is 62.8 Å². The molecule has 0 radical (unpaired) electrons. The topological polar surface area (TPSA) is 23.8 Å². The predicted molar refractivity (Wildman–Crippen MR) is 73.2 cm³/mol. The summed E-state index contributed by atoms with van der Waals surface area (Å²) in [5, 5.41) is 13.4. The van der Waals surface area contributed by atoms with E-state index in [1.165, 1.54) is 11.1 Å². The van der Waals surface area contributed by atoms with Crippen molar-refractivity contribution in [2.24, 2.45) is 0 Å². The number of hydrogen-bond donors (Lipinski definition) is 0. The Labute approximate surface area is 111 Å². The van der Waals surface area contributed by atoms with Gasteiger partial charge in [0.05, 0.1) is 9.64 Å². The SMILES string of the molecule is N#Cc1cc2c(cc1Br)CCC21SC=CS1. The molecule has 0 saturated carbocycles. The average molecular weight is 310 g/mol. The summed E-state index contributed by atoms with van der Waals surface area (Å²) in [6.07, 6.45) is 2.27. The van der Waals surface area contributed by atoms with E-state index in [1.54, 1.807) is 0 Å². The van der Waals surface area contributed by atoms with Gasteiger partial charge in [-0.25, -0.2) is 0 Å². The van der Waals surface area contributed by atoms with E-state index in [-0.39, 0.29) is 4.08 Å². The van der Waals surface area contributed by atoms with Gasteiger partial charge in [0.1, 0.15) is 6.07 Å². The van der Waals surface area contributed by atoms with Crippen LogP contribution < -0.4 is 0 Å². The molecule has 0 bridgehead atoms. The molecule has 2 aliphatic rings. The van der Waals surface area contributed by atoms with Gasteiger partial charge in [-0.3, -0.25) is 0 Å². The minimum atomic E-state index is 0.154. The predicted octanol–water partition coefficient (Wildman–Crippen LogP) is 4.37. The largest absolute Gasteiger partial charge is 0.192 e. The molecule has 3 rings (SSSR count). The van der Waals surface area contributed by atoms with Crippen LogP contribution in [-0.4, -0.2) is 0 Å². The smallest absolute Gasteiger partial charge is 0.100 e. The van der Waals surface area contributed by atoms with E-state index in [1.807, 2.05) is 23.5 Å². The number of thioether (sulfide) groups is 2. The molecular formula is C12H8BrNS2. The maximum absolute atomic E-state index is 9.07. The second kappa shape index (κ2) is 3.83. The second-order valence-electron chi connectivity index (χ2n) is 3.86. The van der Waals surface area contributed by atoms with E-state index in [0.717, 1.165) is 22.9 Å². The van der Waals surface area contributed by atoms with Crippen molar-refractivity contribution in [3.8, 4) is 6.07 Å². The Kier molecular flexibility index (Phi) is 2.58. The summed E-state index contributed by atoms with van der Waals surface area (Å²) >= 11 is 7.21. The van der Waals surface area contributed by atoms with Crippen molar-refractivity contribution < 1.29 is 0 Å². The Hall–Kier alpha value is -0.370. The molecule has 1 heterocycles. The van der Waals surface area contributed by atoms with Crippen molar-refractivity contribution in [3.63, 3.8) is 0 Å². The number of aryl methyl sites for hydroxylation is 1. The first kappa shape index (κ1) is 10.8. The monoisotopic (exact) mass is 309 g/mol. The first-order chi connectivity index (χ1) is 7.75. The van der Waals surface area contributed by atoms with E-state index in [4.69, 9.17) is 5.26 Å². The highest BCUT2D eigenvalue weighted by atomic mass is 79.9. The summed E-state index contributed by atoms with van der Waals surface area (Å²) in [5.74, 6) is 0. The van der Waals surface area contributed by atoms with Gasteiger partial charge in [0.25, 0.3) is 0 Å². The van der Waals surface area contributed by atoms with Crippen LogP contribution in [0.2, 0.25) is 0 Å². The third-order valence-corrected chi connectivity index (χ3v) is 6.58. The standard InChI is InChI=1S/C12H8BrNS2/c13-11-6-8-1-2-12(15-3-4-16-12)10(8)5-9(11)7-14/h3-6H,1-2H2. The number of hydrogen-bond acceptors (Lipinski definition) is 3. The summed E-state index contributed by atoms with van der Waals surface area (Å²) in [7, 11) is 0. The molecule has 4 heteroatoms. The lowest BCUT2D eigenvalue weighted by Gasteiger charge is -2.22. The molecule has 1 aliphatic heterocycles. The summed E-state index contributed by atoms with van der Waals surface area (Å²) in [5.41, 5.74) is 3.47. The zero-order valence-electron chi connectivity index (χ0n) is 8.37. The lowest BCUT2D eigenvalue weighted by atomic mass is 10.1. The van der Waals surface area contributed by atoms with Gasteiger partial charge in [0, 0.05) is 4.47 Å². The normalized spacial score (nSPS) is 20.0. The Morgan fingerprint density at radius 3 is 2.75 bits per heavy atom. The number of benzene rings is 1. The summed E-state index contributed by atoms with van der Waals surface area (Å²) in [6, 6.07) is 6.41. The van der Waals surface area contributed by atoms with Crippen LogP contribution in [0.15, 0.2) is 27.4 Å². The van der Waals surface area contributed by atoms with Crippen molar-refractivity contribution in [2.75, 3.05) is 0 Å². The number of nitriles is 1. The van der Waals surface area contributed by atoms with Crippen LogP contribution in [0, 0.1) is 11.3 Å². The van der Waals surface area contributed by atoms with Crippen LogP contribution >= 0.6 is 39.5 Å². The molecule has 1 aromatic carbocycles. The highest BCUT2D eigenvalue weighted by molar-refractivity contribution is 9.10. The van der Waals surface area contributed by atoms with E-state index in [2.05, 4.69) is 44.9 Å². The zero-order valence-corrected chi connectivity index (χ0v) is 11.6. The molecule has 0 amide bonds. The lowest BCUT2D eigenvalue weighted by molar-refractivity contribution is 0.845. The zero-order chi connectivity index (χ0) is 11.2. The Bertz CT molecular complexity index is 523. The van der Waals surface area contributed by atoms with Crippen molar-refractivity contribution in [1.82, 2.24) is 0 Å². The van der Waals surface area contributed by atoms with E-state index in [9.17, 15) is 0 Å². The first-order valence-corrected chi connectivity index (χ1v) is 7.54. The Morgan fingerprint density at radius 2 is 2.06 bits per heavy atom. The van der Waals surface area contributed by atoms with Gasteiger partial charge >= 0.3 is 0 Å². The third-order valence-electron chi connectivity index (χ3n) is 3.02. The van der Waals surface area contributed by atoms with Crippen LogP contribution in [0.4, 0.5) is 0 Å². The van der Waals surface area contributed by atoms with Gasteiger partial charge < -0.3 is 0 Å². The van der Waals surface area contributed by atoms with Crippen molar-refractivity contribution >= 4 is 39.5 Å². The number of fused-ring (bicyclic) bond motifs is 2. The highest BCUT2D eigenvalue weighted by Crippen LogP contribution is 2.59. The fourth-order valence-electron chi connectivity index (χ4n) is 2.24. The van der Waals surface area contributed by atoms with Gasteiger partial charge in [-0.15, -0.1) is 23.5 Å². The molecule has 0 unspecified atom stereocenters. The molecular weight excluding hydrogens is 302 g/mol. The molecule has 16 heavy (non-hydrogen) atoms. The van der Waals surface area contributed by atoms with Gasteiger partial charge in [-0.2, -0.15) is 5.26 Å². The van der Waals surface area contributed by atoms with E-state index in [0.29, 0.717) is 0 Å². The van der Waals surface area contributed by atoms with Crippen LogP contribution in [0.1, 0.15) is 23.1 Å². The highest BCUT2D eigenvalue weighted by Gasteiger charge is 2.41. The number of rotatable bonds is 0. The quantitative estimate of drug-likeness (QED) is 0.711. The van der Waals surface area contributed by atoms with Gasteiger partial charge in [-0.1, -0.05) is 0 Å². The van der Waals surface area contributed by atoms with Crippen LogP contribution in [0.25, 0.3) is 0 Å². The molecule has 1 aliphatic carbocycles. The van der Waals surface area contributed by atoms with E-state index >= 15 is 0 Å². The van der Waals surface area contributed by atoms with Crippen LogP contribution in [0.5, 0.6) is 0 Å². The molecule has 1 spiro atoms. The van der Waals surface area contributed by atoms with Crippen LogP contribution in [-0.2, 0) is 10.5 Å². The first-order valence-electron chi connectivity index (χ1n) is 4.99. The van der Waals surface area contributed by atoms with Crippen molar-refractivity contribution in [3.05, 3.63) is 44.1 Å². The second-order valence-corrected chi connectivity index (χ2v) is 7.38. The minimum Gasteiger partial charge on any atom is -0.192 e. The Balaban J connectivity index is 2.16. The molecule has 0 atom stereocenters. The fraction of sp³-hybridized carbons (Fsp3) is 0.250. The summed E-state index contributed by atoms with van der Waals surface area (Å²) in [6.45, 7) is 0. The molecule has 0 N–H and O–H groups in total. The lowest BCUT2D eigenvalue weighted by Crippen LogP contribution is -2.09. The number of halogens is 1. The molecule has 0 aromatic heterocycles. The maximum atomic E-state index is 9.07. The average Bonchev–Trinajstić information content (AvgIpc) is 2.88. The number of nitrogens with zero attached hydrogens (tertiary/aromatic N) is 1. The third kappa shape index (κ3) is 1.46. The molecule has 80 valence electrons. The Morgan fingerprint density at radius 1 is 1.31 bits per heavy atom. The fourth-order valence-corrected chi connectivity index (χ4v) is 5.24. The van der Waals surface area contributed by atoms with Crippen molar-refractivity contribution in [1.29, 1.82) is 5.26 Å². The molecule has 0 fully saturated rings. The molecule has 1 aromatic rings. The molecule has 0 saturated heterocycles. The van der Waals surface area contributed by atoms with Crippen LogP contribution in [0.3, 0.4) is 0 Å². The van der Waals surface area contributed by atoms with E-state index < -0.39 is 0 Å². The minimum absolute atomic E-state index is 0.154. The molecule has 1 nitrogen and oxygen atoms in total. The summed E-state index contributed by atoms with van der Waals surface area (Å²) < 4.78 is 1.08. The maximum Gasteiger partial charge on any atom is 0.100 e. The summed E-state index contributed by atoms with van der Waals surface area (Å²) in [4.78, 5) is 0. The van der Waals surface area contributed by atoms with Gasteiger partial charge in [0.2, 0.25) is 0 Å². The van der Waals surface area contributed by atoms with Crippen molar-refractivity contribution in [2.45, 2.75) is 16.9 Å².